The van der Waals surface area contributed by atoms with Crippen LogP contribution in [-0.4, -0.2) is 47.5 Å². The predicted molar refractivity (Wildman–Crippen MR) is 164 cm³/mol. The third-order valence-electron chi connectivity index (χ3n) is 7.30. The Morgan fingerprint density at radius 1 is 0.925 bits per heavy atom. The number of hydrogen-bond donors (Lipinski definition) is 2. The first-order chi connectivity index (χ1) is 18.9. The summed E-state index contributed by atoms with van der Waals surface area (Å²) >= 11 is 0. The third kappa shape index (κ3) is 12.3. The van der Waals surface area contributed by atoms with Gasteiger partial charge in [-0.2, -0.15) is 0 Å². The van der Waals surface area contributed by atoms with Gasteiger partial charge in [-0.25, -0.2) is 4.79 Å². The zero-order valence-corrected chi connectivity index (χ0v) is 26.8. The summed E-state index contributed by atoms with van der Waals surface area (Å²) < 4.78 is 5.52. The Labute approximate surface area is 244 Å². The minimum atomic E-state index is -0.809. The van der Waals surface area contributed by atoms with E-state index in [-0.39, 0.29) is 17.7 Å². The summed E-state index contributed by atoms with van der Waals surface area (Å²) in [5, 5.41) is 5.95. The lowest BCUT2D eigenvalue weighted by Gasteiger charge is -2.36. The SMILES string of the molecule is CCCCCCCCN(C(=O)C(NC(=O)OC(C)(C)C)C(C)CC)C(C(=O)NCCCC)c1ccc(C)cc1C. The van der Waals surface area contributed by atoms with E-state index in [4.69, 9.17) is 4.74 Å². The number of alkyl carbamates (subject to hydrolysis) is 1. The number of carbonyl (C=O) groups is 3. The molecule has 40 heavy (non-hydrogen) atoms. The summed E-state index contributed by atoms with van der Waals surface area (Å²) in [7, 11) is 0. The fraction of sp³-hybridized carbons (Fsp3) is 0.727. The van der Waals surface area contributed by atoms with E-state index in [1.54, 1.807) is 25.7 Å². The van der Waals surface area contributed by atoms with Crippen LogP contribution in [0.2, 0.25) is 0 Å². The van der Waals surface area contributed by atoms with Crippen molar-refractivity contribution in [3.8, 4) is 0 Å². The van der Waals surface area contributed by atoms with Crippen LogP contribution in [0, 0.1) is 19.8 Å². The van der Waals surface area contributed by atoms with Crippen molar-refractivity contribution in [1.82, 2.24) is 15.5 Å². The van der Waals surface area contributed by atoms with Crippen LogP contribution < -0.4 is 10.6 Å². The molecule has 1 aromatic carbocycles. The molecule has 0 spiro atoms. The Hall–Kier alpha value is -2.57. The van der Waals surface area contributed by atoms with E-state index in [0.717, 1.165) is 55.2 Å². The zero-order chi connectivity index (χ0) is 30.3. The molecular weight excluding hydrogens is 502 g/mol. The Kier molecular flexibility index (Phi) is 15.9. The van der Waals surface area contributed by atoms with Crippen LogP contribution in [0.15, 0.2) is 18.2 Å². The topological polar surface area (TPSA) is 87.7 Å². The summed E-state index contributed by atoms with van der Waals surface area (Å²) in [6.45, 7) is 18.6. The predicted octanol–water partition coefficient (Wildman–Crippen LogP) is 7.39. The van der Waals surface area contributed by atoms with E-state index in [0.29, 0.717) is 19.5 Å². The van der Waals surface area contributed by atoms with Crippen molar-refractivity contribution >= 4 is 17.9 Å². The summed E-state index contributed by atoms with van der Waals surface area (Å²) in [6, 6.07) is 4.42. The van der Waals surface area contributed by atoms with E-state index in [1.165, 1.54) is 12.8 Å². The number of rotatable bonds is 17. The molecular formula is C33H57N3O4. The summed E-state index contributed by atoms with van der Waals surface area (Å²) in [6.07, 6.45) is 8.29. The highest BCUT2D eigenvalue weighted by Gasteiger charge is 2.38. The fourth-order valence-electron chi connectivity index (χ4n) is 4.79. The molecule has 0 fully saturated rings. The van der Waals surface area contributed by atoms with Crippen molar-refractivity contribution in [2.24, 2.45) is 5.92 Å². The van der Waals surface area contributed by atoms with Gasteiger partial charge in [-0.15, -0.1) is 0 Å². The summed E-state index contributed by atoms with van der Waals surface area (Å²) in [5.74, 6) is -0.570. The van der Waals surface area contributed by atoms with Crippen molar-refractivity contribution in [3.05, 3.63) is 34.9 Å². The van der Waals surface area contributed by atoms with E-state index < -0.39 is 23.8 Å². The first kappa shape index (κ1) is 35.5. The maximum absolute atomic E-state index is 14.4. The molecule has 0 saturated heterocycles. The normalized spacial score (nSPS) is 13.7. The van der Waals surface area contributed by atoms with Gasteiger partial charge >= 0.3 is 6.09 Å². The number of unbranched alkanes of at least 4 members (excludes halogenated alkanes) is 6. The number of benzene rings is 1. The lowest BCUT2D eigenvalue weighted by Crippen LogP contribution is -2.55. The van der Waals surface area contributed by atoms with Crippen molar-refractivity contribution < 1.29 is 19.1 Å². The highest BCUT2D eigenvalue weighted by molar-refractivity contribution is 5.92. The highest BCUT2D eigenvalue weighted by Crippen LogP contribution is 2.28. The van der Waals surface area contributed by atoms with Gasteiger partial charge in [0, 0.05) is 13.1 Å². The molecule has 0 bridgehead atoms. The van der Waals surface area contributed by atoms with Gasteiger partial charge in [-0.1, -0.05) is 96.4 Å². The quantitative estimate of drug-likeness (QED) is 0.195. The lowest BCUT2D eigenvalue weighted by atomic mass is 9.93. The second kappa shape index (κ2) is 18.0. The second-order valence-electron chi connectivity index (χ2n) is 12.2. The van der Waals surface area contributed by atoms with Crippen molar-refractivity contribution in [3.63, 3.8) is 0 Å². The van der Waals surface area contributed by atoms with Gasteiger partial charge in [-0.05, 0) is 64.5 Å². The van der Waals surface area contributed by atoms with Gasteiger partial charge in [0.1, 0.15) is 17.7 Å². The van der Waals surface area contributed by atoms with Gasteiger partial charge in [-0.3, -0.25) is 9.59 Å². The Morgan fingerprint density at radius 2 is 1.55 bits per heavy atom. The molecule has 0 aromatic heterocycles. The second-order valence-corrected chi connectivity index (χ2v) is 12.2. The number of nitrogens with zero attached hydrogens (tertiary/aromatic N) is 1. The van der Waals surface area contributed by atoms with E-state index in [9.17, 15) is 14.4 Å². The third-order valence-corrected chi connectivity index (χ3v) is 7.30. The van der Waals surface area contributed by atoms with Gasteiger partial charge in [0.2, 0.25) is 11.8 Å². The Bertz CT molecular complexity index is 925. The molecule has 1 aromatic rings. The molecule has 3 atom stereocenters. The molecule has 0 saturated carbocycles. The van der Waals surface area contributed by atoms with E-state index >= 15 is 0 Å². The number of amides is 3. The largest absolute Gasteiger partial charge is 0.444 e. The van der Waals surface area contributed by atoms with Gasteiger partial charge in [0.15, 0.2) is 0 Å². The molecule has 0 radical (unpaired) electrons. The van der Waals surface area contributed by atoms with E-state index in [2.05, 4.69) is 30.5 Å². The van der Waals surface area contributed by atoms with Crippen LogP contribution >= 0.6 is 0 Å². The van der Waals surface area contributed by atoms with E-state index in [1.807, 2.05) is 39.8 Å². The molecule has 0 aliphatic rings. The zero-order valence-electron chi connectivity index (χ0n) is 26.8. The number of nitrogens with one attached hydrogen (secondary N) is 2. The minimum Gasteiger partial charge on any atom is -0.444 e. The standard InChI is InChI=1S/C33H57N3O4/c1-10-13-15-16-17-18-22-36(31(38)28(25(5)12-3)35-32(39)40-33(7,8)9)29(30(37)34-21-14-11-2)27-20-19-24(4)23-26(27)6/h19-20,23,25,28-29H,10-18,21-22H2,1-9H3,(H,34,37)(H,35,39). The highest BCUT2D eigenvalue weighted by atomic mass is 16.6. The number of aryl methyl sites for hydroxylation is 2. The van der Waals surface area contributed by atoms with Crippen molar-refractivity contribution in [2.75, 3.05) is 13.1 Å². The minimum absolute atomic E-state index is 0.144. The van der Waals surface area contributed by atoms with Crippen LogP contribution in [-0.2, 0) is 14.3 Å². The average molecular weight is 560 g/mol. The summed E-state index contributed by atoms with van der Waals surface area (Å²) in [4.78, 5) is 42.8. The smallest absolute Gasteiger partial charge is 0.408 e. The molecule has 7 heteroatoms. The van der Waals surface area contributed by atoms with Gasteiger partial charge in [0.25, 0.3) is 0 Å². The molecule has 0 heterocycles. The molecule has 0 aliphatic heterocycles. The lowest BCUT2D eigenvalue weighted by molar-refractivity contribution is -0.143. The Balaban J connectivity index is 3.50. The maximum atomic E-state index is 14.4. The molecule has 3 amide bonds. The molecule has 7 nitrogen and oxygen atoms in total. The van der Waals surface area contributed by atoms with Crippen molar-refractivity contribution in [1.29, 1.82) is 0 Å². The van der Waals surface area contributed by atoms with Crippen LogP contribution in [0.5, 0.6) is 0 Å². The van der Waals surface area contributed by atoms with Crippen molar-refractivity contribution in [2.45, 2.75) is 138 Å². The molecule has 0 aliphatic carbocycles. The molecule has 3 unspecified atom stereocenters. The van der Waals surface area contributed by atoms with Crippen LogP contribution in [0.1, 0.15) is 129 Å². The number of hydrogen-bond acceptors (Lipinski definition) is 4. The number of ether oxygens (including phenoxy) is 1. The average Bonchev–Trinajstić information content (AvgIpc) is 2.87. The van der Waals surface area contributed by atoms with Crippen LogP contribution in [0.25, 0.3) is 0 Å². The first-order valence-electron chi connectivity index (χ1n) is 15.5. The monoisotopic (exact) mass is 559 g/mol. The molecule has 1 rings (SSSR count). The van der Waals surface area contributed by atoms with Crippen LogP contribution in [0.3, 0.4) is 0 Å². The Morgan fingerprint density at radius 3 is 2.12 bits per heavy atom. The maximum Gasteiger partial charge on any atom is 0.408 e. The van der Waals surface area contributed by atoms with Gasteiger partial charge in [0.05, 0.1) is 0 Å². The van der Waals surface area contributed by atoms with Gasteiger partial charge < -0.3 is 20.3 Å². The molecule has 2 N–H and O–H groups in total. The fourth-order valence-corrected chi connectivity index (χ4v) is 4.79. The summed E-state index contributed by atoms with van der Waals surface area (Å²) in [5.41, 5.74) is 2.20. The number of carbonyl (C=O) groups excluding carboxylic acids is 3. The van der Waals surface area contributed by atoms with Crippen LogP contribution in [0.4, 0.5) is 4.79 Å². The first-order valence-corrected chi connectivity index (χ1v) is 15.5. The molecule has 228 valence electrons.